The van der Waals surface area contributed by atoms with Gasteiger partial charge in [-0.2, -0.15) is 0 Å². The van der Waals surface area contributed by atoms with Gasteiger partial charge in [-0.25, -0.2) is 4.70 Å². The molecule has 43 heavy (non-hydrogen) atoms. The SMILES string of the molecule is CCCCCCCCC=CC1=C(c2cccc(CCCCCC)c2)[N+](=[N-])C(c2ccc(CCCCC)cc2)=C1CCCC. The Morgan fingerprint density at radius 2 is 1.16 bits per heavy atom. The molecule has 1 heterocycles. The molecule has 0 aromatic heterocycles. The normalized spacial score (nSPS) is 13.7. The Kier molecular flexibility index (Phi) is 16.4. The van der Waals surface area contributed by atoms with Crippen molar-refractivity contribution in [1.29, 1.82) is 0 Å². The van der Waals surface area contributed by atoms with Gasteiger partial charge in [0.2, 0.25) is 11.4 Å². The summed E-state index contributed by atoms with van der Waals surface area (Å²) in [6, 6.07) is 17.9. The van der Waals surface area contributed by atoms with Crippen molar-refractivity contribution in [2.75, 3.05) is 0 Å². The molecule has 0 saturated heterocycles. The van der Waals surface area contributed by atoms with Crippen LogP contribution in [0.15, 0.2) is 71.8 Å². The van der Waals surface area contributed by atoms with Crippen LogP contribution in [0.4, 0.5) is 0 Å². The summed E-state index contributed by atoms with van der Waals surface area (Å²) in [5, 5.41) is 0. The average molecular weight is 581 g/mol. The maximum Gasteiger partial charge on any atom is 0.215 e. The van der Waals surface area contributed by atoms with Gasteiger partial charge >= 0.3 is 0 Å². The number of hydrogen-bond donors (Lipinski definition) is 0. The largest absolute Gasteiger partial charge is 0.493 e. The molecule has 1 aliphatic rings. The lowest BCUT2D eigenvalue weighted by Gasteiger charge is -2.11. The summed E-state index contributed by atoms with van der Waals surface area (Å²) < 4.78 is 1.53. The van der Waals surface area contributed by atoms with Gasteiger partial charge in [-0.3, -0.25) is 0 Å². The predicted molar refractivity (Wildman–Crippen MR) is 188 cm³/mol. The van der Waals surface area contributed by atoms with E-state index >= 15 is 0 Å². The van der Waals surface area contributed by atoms with Crippen LogP contribution >= 0.6 is 0 Å². The Labute approximate surface area is 264 Å². The van der Waals surface area contributed by atoms with Crippen LogP contribution in [0.5, 0.6) is 0 Å². The standard InChI is InChI=1S/C41H60N2/c1-5-9-13-15-16-17-18-21-28-39-38(27-12-8-4)40(36-31-29-34(30-32-36)23-19-11-7-3)43(42)41(39)37-26-22-25-35(33-37)24-20-14-10-6-2/h21-22,25-26,28-33H,5-20,23-24,27H2,1-4H3. The molecule has 0 atom stereocenters. The summed E-state index contributed by atoms with van der Waals surface area (Å²) in [7, 11) is 0. The van der Waals surface area contributed by atoms with Crippen molar-refractivity contribution >= 4 is 11.4 Å². The molecule has 1 aliphatic heterocycles. The number of aryl methyl sites for hydroxylation is 2. The minimum absolute atomic E-state index is 0.947. The van der Waals surface area contributed by atoms with Gasteiger partial charge in [-0.15, -0.1) is 0 Å². The van der Waals surface area contributed by atoms with Crippen molar-refractivity contribution in [3.63, 3.8) is 0 Å². The Morgan fingerprint density at radius 1 is 0.558 bits per heavy atom. The van der Waals surface area contributed by atoms with E-state index in [-0.39, 0.29) is 0 Å². The molecular formula is C41H60N2. The molecule has 0 saturated carbocycles. The summed E-state index contributed by atoms with van der Waals surface area (Å²) >= 11 is 0. The molecule has 0 amide bonds. The van der Waals surface area contributed by atoms with Crippen LogP contribution in [-0.2, 0) is 12.8 Å². The Balaban J connectivity index is 1.95. The summed E-state index contributed by atoms with van der Waals surface area (Å²) in [5.74, 6) is 0. The maximum atomic E-state index is 12.0. The first-order valence-electron chi connectivity index (χ1n) is 18.0. The van der Waals surface area contributed by atoms with E-state index in [0.29, 0.717) is 0 Å². The summed E-state index contributed by atoms with van der Waals surface area (Å²) in [5.41, 5.74) is 21.4. The third-order valence-corrected chi connectivity index (χ3v) is 8.89. The quantitative estimate of drug-likeness (QED) is 0.0977. The number of unbranched alkanes of at least 4 members (excludes halogenated alkanes) is 12. The van der Waals surface area contributed by atoms with E-state index in [1.165, 1.54) is 110 Å². The lowest BCUT2D eigenvalue weighted by Crippen LogP contribution is -2.03. The van der Waals surface area contributed by atoms with Crippen LogP contribution in [0.2, 0.25) is 0 Å². The lowest BCUT2D eigenvalue weighted by atomic mass is 9.94. The van der Waals surface area contributed by atoms with E-state index in [1.807, 2.05) is 0 Å². The molecular weight excluding hydrogens is 520 g/mol. The fourth-order valence-corrected chi connectivity index (χ4v) is 6.27. The molecule has 2 heteroatoms. The molecule has 0 spiro atoms. The predicted octanol–water partition coefficient (Wildman–Crippen LogP) is 13.2. The van der Waals surface area contributed by atoms with Gasteiger partial charge in [0.15, 0.2) is 0 Å². The monoisotopic (exact) mass is 580 g/mol. The molecule has 0 unspecified atom stereocenters. The first-order valence-corrected chi connectivity index (χ1v) is 18.0. The highest BCUT2D eigenvalue weighted by atomic mass is 15.2. The Morgan fingerprint density at radius 3 is 1.88 bits per heavy atom. The average Bonchev–Trinajstić information content (AvgIpc) is 3.30. The van der Waals surface area contributed by atoms with Crippen LogP contribution in [0, 0.1) is 0 Å². The van der Waals surface area contributed by atoms with E-state index in [0.717, 1.165) is 61.0 Å². The summed E-state index contributed by atoms with van der Waals surface area (Å²) in [6.07, 6.45) is 27.9. The first-order chi connectivity index (χ1) is 21.1. The fourth-order valence-electron chi connectivity index (χ4n) is 6.27. The minimum Gasteiger partial charge on any atom is -0.493 e. The second-order valence-corrected chi connectivity index (χ2v) is 12.6. The van der Waals surface area contributed by atoms with Crippen molar-refractivity contribution < 1.29 is 4.70 Å². The number of allylic oxidation sites excluding steroid dienone is 4. The summed E-state index contributed by atoms with van der Waals surface area (Å²) in [4.78, 5) is 0. The molecule has 2 nitrogen and oxygen atoms in total. The van der Waals surface area contributed by atoms with Crippen molar-refractivity contribution in [1.82, 2.24) is 0 Å². The van der Waals surface area contributed by atoms with Crippen molar-refractivity contribution in [2.45, 2.75) is 150 Å². The maximum absolute atomic E-state index is 12.0. The van der Waals surface area contributed by atoms with Crippen molar-refractivity contribution in [2.24, 2.45) is 0 Å². The van der Waals surface area contributed by atoms with Crippen LogP contribution in [-0.4, -0.2) is 4.70 Å². The van der Waals surface area contributed by atoms with Gasteiger partial charge < -0.3 is 5.53 Å². The second kappa shape index (κ2) is 20.3. The molecule has 2 aromatic carbocycles. The molecule has 0 aliphatic carbocycles. The van der Waals surface area contributed by atoms with E-state index in [1.54, 1.807) is 0 Å². The lowest BCUT2D eigenvalue weighted by molar-refractivity contribution is -0.345. The molecule has 3 rings (SSSR count). The molecule has 0 bridgehead atoms. The van der Waals surface area contributed by atoms with Gasteiger partial charge in [0.1, 0.15) is 0 Å². The first kappa shape index (κ1) is 34.7. The topological polar surface area (TPSA) is 25.3 Å². The Hall–Kier alpha value is -2.74. The number of hydrogen-bond acceptors (Lipinski definition) is 0. The van der Waals surface area contributed by atoms with Crippen LogP contribution in [0.1, 0.15) is 159 Å². The van der Waals surface area contributed by atoms with Crippen LogP contribution in [0.3, 0.4) is 0 Å². The highest BCUT2D eigenvalue weighted by molar-refractivity contribution is 5.84. The zero-order valence-electron chi connectivity index (χ0n) is 28.1. The number of rotatable bonds is 22. The smallest absolute Gasteiger partial charge is 0.215 e. The molecule has 2 aromatic rings. The zero-order chi connectivity index (χ0) is 30.7. The minimum atomic E-state index is 0.947. The van der Waals surface area contributed by atoms with Gasteiger partial charge in [-0.1, -0.05) is 135 Å². The molecule has 0 N–H and O–H groups in total. The van der Waals surface area contributed by atoms with Gasteiger partial charge in [0, 0.05) is 16.7 Å². The fraction of sp³-hybridized carbons (Fsp3) is 0.561. The van der Waals surface area contributed by atoms with Crippen LogP contribution < -0.4 is 0 Å². The Bertz CT molecular complexity index is 1190. The van der Waals surface area contributed by atoms with E-state index < -0.39 is 0 Å². The second-order valence-electron chi connectivity index (χ2n) is 12.6. The highest BCUT2D eigenvalue weighted by Crippen LogP contribution is 2.43. The van der Waals surface area contributed by atoms with E-state index in [4.69, 9.17) is 0 Å². The van der Waals surface area contributed by atoms with Crippen molar-refractivity contribution in [3.8, 4) is 0 Å². The number of benzene rings is 2. The molecule has 234 valence electrons. The highest BCUT2D eigenvalue weighted by Gasteiger charge is 2.34. The van der Waals surface area contributed by atoms with Gasteiger partial charge in [0.25, 0.3) is 0 Å². The third kappa shape index (κ3) is 11.0. The van der Waals surface area contributed by atoms with Crippen LogP contribution in [0.25, 0.3) is 16.9 Å². The van der Waals surface area contributed by atoms with E-state index in [9.17, 15) is 5.53 Å². The molecule has 0 radical (unpaired) electrons. The zero-order valence-corrected chi connectivity index (χ0v) is 28.1. The number of nitrogens with zero attached hydrogens (tertiary/aromatic N) is 2. The third-order valence-electron chi connectivity index (χ3n) is 8.89. The van der Waals surface area contributed by atoms with E-state index in [2.05, 4.69) is 88.4 Å². The molecule has 0 fully saturated rings. The summed E-state index contributed by atoms with van der Waals surface area (Å²) in [6.45, 7) is 9.07. The van der Waals surface area contributed by atoms with Crippen molar-refractivity contribution in [3.05, 3.63) is 99.6 Å². The van der Waals surface area contributed by atoms with Gasteiger partial charge in [0.05, 0.1) is 5.57 Å². The van der Waals surface area contributed by atoms with Gasteiger partial charge in [-0.05, 0) is 86.8 Å².